The van der Waals surface area contributed by atoms with Crippen LogP contribution in [0.15, 0.2) is 24.8 Å². The number of carbonyl (C=O) groups is 2. The minimum absolute atomic E-state index is 0.0833. The SMILES string of the molecule is C=C[C@@H]1C[C@H](/C=C/C2CCCCC2)[C@@H]2C(=O)OC(=O)[C@@H]21. The lowest BCUT2D eigenvalue weighted by molar-refractivity contribution is -0.154. The Hall–Kier alpha value is -1.38. The van der Waals surface area contributed by atoms with Gasteiger partial charge in [-0.1, -0.05) is 37.5 Å². The molecule has 0 N–H and O–H groups in total. The Balaban J connectivity index is 1.73. The summed E-state index contributed by atoms with van der Waals surface area (Å²) in [6.45, 7) is 3.80. The Morgan fingerprint density at radius 1 is 0.950 bits per heavy atom. The lowest BCUT2D eigenvalue weighted by atomic mass is 9.86. The molecule has 1 heterocycles. The summed E-state index contributed by atoms with van der Waals surface area (Å²) in [6, 6.07) is 0. The summed E-state index contributed by atoms with van der Waals surface area (Å²) in [7, 11) is 0. The maximum atomic E-state index is 11.9. The number of esters is 2. The zero-order valence-electron chi connectivity index (χ0n) is 11.8. The summed E-state index contributed by atoms with van der Waals surface area (Å²) in [5, 5.41) is 0. The van der Waals surface area contributed by atoms with E-state index in [2.05, 4.69) is 18.7 Å². The highest BCUT2D eigenvalue weighted by Gasteiger charge is 2.55. The van der Waals surface area contributed by atoms with Gasteiger partial charge in [-0.05, 0) is 37.0 Å². The highest BCUT2D eigenvalue weighted by atomic mass is 16.6. The van der Waals surface area contributed by atoms with Crippen LogP contribution in [0.25, 0.3) is 0 Å². The van der Waals surface area contributed by atoms with Crippen molar-refractivity contribution < 1.29 is 14.3 Å². The fourth-order valence-corrected chi connectivity index (χ4v) is 4.09. The predicted octanol–water partition coefficient (Wildman–Crippen LogP) is 3.26. The molecule has 3 rings (SSSR count). The van der Waals surface area contributed by atoms with E-state index in [1.54, 1.807) is 0 Å². The summed E-state index contributed by atoms with van der Waals surface area (Å²) in [5.41, 5.74) is 0. The third-order valence-electron chi connectivity index (χ3n) is 5.18. The van der Waals surface area contributed by atoms with Crippen LogP contribution in [-0.4, -0.2) is 11.9 Å². The van der Waals surface area contributed by atoms with Crippen LogP contribution >= 0.6 is 0 Å². The fourth-order valence-electron chi connectivity index (χ4n) is 4.09. The number of carbonyl (C=O) groups excluding carboxylic acids is 2. The molecular weight excluding hydrogens is 252 g/mol. The molecule has 0 bridgehead atoms. The molecule has 3 aliphatic rings. The Kier molecular flexibility index (Phi) is 3.77. The normalized spacial score (nSPS) is 38.2. The van der Waals surface area contributed by atoms with E-state index in [9.17, 15) is 9.59 Å². The molecule has 0 aromatic heterocycles. The summed E-state index contributed by atoms with van der Waals surface area (Å²) in [5.74, 6) is -0.366. The molecule has 2 aliphatic carbocycles. The molecule has 1 aliphatic heterocycles. The van der Waals surface area contributed by atoms with Crippen LogP contribution in [0.4, 0.5) is 0 Å². The minimum atomic E-state index is -0.349. The standard InChI is InChI=1S/C17H22O3/c1-2-12-10-13(9-8-11-6-4-3-5-7-11)15-14(12)16(18)20-17(15)19/h2,8-9,11-15H,1,3-7,10H2/b9-8+/t12-,13+,14-,15+/m1/s1. The number of fused-ring (bicyclic) bond motifs is 1. The Morgan fingerprint density at radius 2 is 1.60 bits per heavy atom. The average molecular weight is 274 g/mol. The van der Waals surface area contributed by atoms with E-state index in [1.165, 1.54) is 32.1 Å². The van der Waals surface area contributed by atoms with E-state index in [4.69, 9.17) is 4.74 Å². The molecule has 108 valence electrons. The molecule has 0 aromatic carbocycles. The van der Waals surface area contributed by atoms with Crippen molar-refractivity contribution >= 4 is 11.9 Å². The van der Waals surface area contributed by atoms with Crippen molar-refractivity contribution in [2.75, 3.05) is 0 Å². The zero-order chi connectivity index (χ0) is 14.1. The third kappa shape index (κ3) is 2.34. The monoisotopic (exact) mass is 274 g/mol. The van der Waals surface area contributed by atoms with Gasteiger partial charge in [-0.3, -0.25) is 9.59 Å². The molecular formula is C17H22O3. The molecule has 0 spiro atoms. The molecule has 3 nitrogen and oxygen atoms in total. The van der Waals surface area contributed by atoms with Crippen molar-refractivity contribution in [2.24, 2.45) is 29.6 Å². The molecule has 0 unspecified atom stereocenters. The van der Waals surface area contributed by atoms with Crippen LogP contribution in [0.5, 0.6) is 0 Å². The fraction of sp³-hybridized carbons (Fsp3) is 0.647. The van der Waals surface area contributed by atoms with E-state index in [0.29, 0.717) is 5.92 Å². The van der Waals surface area contributed by atoms with E-state index >= 15 is 0 Å². The second-order valence-electron chi connectivity index (χ2n) is 6.37. The molecule has 3 heteroatoms. The maximum absolute atomic E-state index is 11.9. The molecule has 0 amide bonds. The highest BCUT2D eigenvalue weighted by molar-refractivity contribution is 5.97. The molecule has 3 fully saturated rings. The lowest BCUT2D eigenvalue weighted by Crippen LogP contribution is -2.19. The topological polar surface area (TPSA) is 43.4 Å². The lowest BCUT2D eigenvalue weighted by Gasteiger charge is -2.19. The Bertz CT molecular complexity index is 445. The van der Waals surface area contributed by atoms with Crippen molar-refractivity contribution in [3.8, 4) is 0 Å². The summed E-state index contributed by atoms with van der Waals surface area (Å²) in [6.07, 6.45) is 13.6. The van der Waals surface area contributed by atoms with Gasteiger partial charge in [-0.15, -0.1) is 6.58 Å². The van der Waals surface area contributed by atoms with Gasteiger partial charge in [0.25, 0.3) is 0 Å². The molecule has 2 saturated carbocycles. The van der Waals surface area contributed by atoms with E-state index < -0.39 is 0 Å². The van der Waals surface area contributed by atoms with Crippen LogP contribution < -0.4 is 0 Å². The van der Waals surface area contributed by atoms with Gasteiger partial charge in [-0.2, -0.15) is 0 Å². The number of cyclic esters (lactones) is 2. The van der Waals surface area contributed by atoms with E-state index in [1.807, 2.05) is 6.08 Å². The van der Waals surface area contributed by atoms with Crippen LogP contribution in [0, 0.1) is 29.6 Å². The van der Waals surface area contributed by atoms with Gasteiger partial charge in [0.05, 0.1) is 11.8 Å². The van der Waals surface area contributed by atoms with Crippen LogP contribution in [0.1, 0.15) is 38.5 Å². The van der Waals surface area contributed by atoms with Gasteiger partial charge in [0.15, 0.2) is 0 Å². The average Bonchev–Trinajstić information content (AvgIpc) is 2.97. The number of rotatable bonds is 3. The van der Waals surface area contributed by atoms with Crippen LogP contribution in [0.2, 0.25) is 0 Å². The molecule has 20 heavy (non-hydrogen) atoms. The smallest absolute Gasteiger partial charge is 0.318 e. The van der Waals surface area contributed by atoms with Crippen LogP contribution in [-0.2, 0) is 14.3 Å². The van der Waals surface area contributed by atoms with Gasteiger partial charge < -0.3 is 4.74 Å². The van der Waals surface area contributed by atoms with Gasteiger partial charge in [0.2, 0.25) is 0 Å². The van der Waals surface area contributed by atoms with E-state index in [0.717, 1.165) is 6.42 Å². The number of ether oxygens (including phenoxy) is 1. The molecule has 4 atom stereocenters. The number of hydrogen-bond donors (Lipinski definition) is 0. The van der Waals surface area contributed by atoms with Gasteiger partial charge >= 0.3 is 11.9 Å². The van der Waals surface area contributed by atoms with Gasteiger partial charge in [-0.25, -0.2) is 0 Å². The molecule has 0 aromatic rings. The maximum Gasteiger partial charge on any atom is 0.318 e. The van der Waals surface area contributed by atoms with Crippen molar-refractivity contribution in [1.29, 1.82) is 0 Å². The zero-order valence-corrected chi connectivity index (χ0v) is 11.8. The minimum Gasteiger partial charge on any atom is -0.393 e. The van der Waals surface area contributed by atoms with Crippen molar-refractivity contribution in [2.45, 2.75) is 38.5 Å². The molecule has 1 saturated heterocycles. The van der Waals surface area contributed by atoms with Gasteiger partial charge in [0, 0.05) is 0 Å². The number of hydrogen-bond acceptors (Lipinski definition) is 3. The summed E-state index contributed by atoms with van der Waals surface area (Å²) >= 11 is 0. The first-order valence-corrected chi connectivity index (χ1v) is 7.77. The first-order valence-electron chi connectivity index (χ1n) is 7.77. The highest BCUT2D eigenvalue weighted by Crippen LogP contribution is 2.47. The second kappa shape index (κ2) is 5.55. The molecule has 0 radical (unpaired) electrons. The van der Waals surface area contributed by atoms with Crippen LogP contribution in [0.3, 0.4) is 0 Å². The van der Waals surface area contributed by atoms with E-state index in [-0.39, 0.29) is 35.6 Å². The van der Waals surface area contributed by atoms with Crippen molar-refractivity contribution in [1.82, 2.24) is 0 Å². The Morgan fingerprint density at radius 3 is 2.25 bits per heavy atom. The number of allylic oxidation sites excluding steroid dienone is 3. The van der Waals surface area contributed by atoms with Crippen molar-refractivity contribution in [3.05, 3.63) is 24.8 Å². The first kappa shape index (κ1) is 13.6. The second-order valence-corrected chi connectivity index (χ2v) is 6.37. The first-order chi connectivity index (χ1) is 9.70. The largest absolute Gasteiger partial charge is 0.393 e. The third-order valence-corrected chi connectivity index (χ3v) is 5.18. The van der Waals surface area contributed by atoms with Gasteiger partial charge in [0.1, 0.15) is 0 Å². The summed E-state index contributed by atoms with van der Waals surface area (Å²) in [4.78, 5) is 23.6. The summed E-state index contributed by atoms with van der Waals surface area (Å²) < 4.78 is 4.82. The predicted molar refractivity (Wildman–Crippen MR) is 75.6 cm³/mol. The Labute approximate surface area is 120 Å². The quantitative estimate of drug-likeness (QED) is 0.451. The van der Waals surface area contributed by atoms with Crippen molar-refractivity contribution in [3.63, 3.8) is 0 Å².